The lowest BCUT2D eigenvalue weighted by Crippen LogP contribution is -2.44. The SMILES string of the molecule is CNC(=O)CS(=O)(=O)C1CCN(C(=O)c2ccc3noc(-c4ccccc4)c3c2)CC1. The van der Waals surface area contributed by atoms with Crippen molar-refractivity contribution in [3.63, 3.8) is 0 Å². The predicted molar refractivity (Wildman–Crippen MR) is 116 cm³/mol. The summed E-state index contributed by atoms with van der Waals surface area (Å²) in [5.74, 6) is -0.600. The van der Waals surface area contributed by atoms with Gasteiger partial charge in [0, 0.05) is 31.3 Å². The molecule has 0 bridgehead atoms. The summed E-state index contributed by atoms with van der Waals surface area (Å²) in [5, 5.41) is 6.56. The number of piperidine rings is 1. The van der Waals surface area contributed by atoms with Crippen LogP contribution in [-0.2, 0) is 14.6 Å². The third-order valence-corrected chi connectivity index (χ3v) is 7.76. The molecule has 1 saturated heterocycles. The van der Waals surface area contributed by atoms with Crippen LogP contribution >= 0.6 is 0 Å². The van der Waals surface area contributed by atoms with Gasteiger partial charge < -0.3 is 14.7 Å². The average molecular weight is 442 g/mol. The summed E-state index contributed by atoms with van der Waals surface area (Å²) in [7, 11) is -2.13. The van der Waals surface area contributed by atoms with E-state index in [2.05, 4.69) is 10.5 Å². The number of carbonyl (C=O) groups is 2. The highest BCUT2D eigenvalue weighted by Crippen LogP contribution is 2.30. The Kier molecular flexibility index (Phi) is 5.77. The summed E-state index contributed by atoms with van der Waals surface area (Å²) in [4.78, 5) is 26.2. The summed E-state index contributed by atoms with van der Waals surface area (Å²) in [6.07, 6.45) is 0.631. The van der Waals surface area contributed by atoms with Crippen molar-refractivity contribution in [3.8, 4) is 11.3 Å². The van der Waals surface area contributed by atoms with Crippen molar-refractivity contribution in [2.75, 3.05) is 25.9 Å². The summed E-state index contributed by atoms with van der Waals surface area (Å²) in [6.45, 7) is 0.646. The number of nitrogens with one attached hydrogen (secondary N) is 1. The quantitative estimate of drug-likeness (QED) is 0.650. The van der Waals surface area contributed by atoms with Gasteiger partial charge in [0.1, 0.15) is 11.3 Å². The van der Waals surface area contributed by atoms with E-state index in [-0.39, 0.29) is 5.91 Å². The standard InChI is InChI=1S/C22H23N3O5S/c1-23-20(26)14-31(28,29)17-9-11-25(12-10-17)22(27)16-7-8-19-18(13-16)21(30-24-19)15-5-3-2-4-6-15/h2-8,13,17H,9-12,14H2,1H3,(H,23,26). The van der Waals surface area contributed by atoms with Gasteiger partial charge in [-0.3, -0.25) is 9.59 Å². The number of sulfone groups is 1. The van der Waals surface area contributed by atoms with Crippen LogP contribution in [0.4, 0.5) is 0 Å². The van der Waals surface area contributed by atoms with E-state index in [1.165, 1.54) is 7.05 Å². The van der Waals surface area contributed by atoms with E-state index in [1.807, 2.05) is 30.3 Å². The molecule has 9 heteroatoms. The number of carbonyl (C=O) groups excluding carboxylic acids is 2. The molecule has 3 aromatic rings. The van der Waals surface area contributed by atoms with Crippen LogP contribution in [0, 0.1) is 0 Å². The molecule has 1 fully saturated rings. The zero-order valence-corrected chi connectivity index (χ0v) is 17.9. The molecular formula is C22H23N3O5S. The number of hydrogen-bond acceptors (Lipinski definition) is 6. The fraction of sp³-hybridized carbons (Fsp3) is 0.318. The first kappa shape index (κ1) is 21.0. The third kappa shape index (κ3) is 4.32. The van der Waals surface area contributed by atoms with Gasteiger partial charge in [-0.2, -0.15) is 0 Å². The highest BCUT2D eigenvalue weighted by Gasteiger charge is 2.33. The summed E-state index contributed by atoms with van der Waals surface area (Å²) in [6, 6.07) is 14.8. The number of rotatable bonds is 5. The van der Waals surface area contributed by atoms with Crippen molar-refractivity contribution in [1.29, 1.82) is 0 Å². The van der Waals surface area contributed by atoms with Crippen LogP contribution in [0.1, 0.15) is 23.2 Å². The summed E-state index contributed by atoms with van der Waals surface area (Å²) >= 11 is 0. The molecule has 0 saturated carbocycles. The zero-order chi connectivity index (χ0) is 22.0. The molecule has 0 radical (unpaired) electrons. The molecule has 1 N–H and O–H groups in total. The number of fused-ring (bicyclic) bond motifs is 1. The largest absolute Gasteiger partial charge is 0.358 e. The van der Waals surface area contributed by atoms with Gasteiger partial charge in [-0.15, -0.1) is 0 Å². The molecule has 0 unspecified atom stereocenters. The number of nitrogens with zero attached hydrogens (tertiary/aromatic N) is 2. The van der Waals surface area contributed by atoms with Gasteiger partial charge in [0.15, 0.2) is 15.6 Å². The van der Waals surface area contributed by atoms with E-state index in [0.29, 0.717) is 42.8 Å². The topological polar surface area (TPSA) is 110 Å². The molecule has 1 aliphatic heterocycles. The van der Waals surface area contributed by atoms with E-state index in [0.717, 1.165) is 10.9 Å². The molecule has 0 spiro atoms. The molecule has 0 atom stereocenters. The van der Waals surface area contributed by atoms with Crippen molar-refractivity contribution in [1.82, 2.24) is 15.4 Å². The minimum Gasteiger partial charge on any atom is -0.358 e. The van der Waals surface area contributed by atoms with Crippen LogP contribution in [0.2, 0.25) is 0 Å². The number of benzene rings is 2. The lowest BCUT2D eigenvalue weighted by molar-refractivity contribution is -0.118. The Bertz CT molecular complexity index is 1210. The summed E-state index contributed by atoms with van der Waals surface area (Å²) < 4.78 is 30.3. The van der Waals surface area contributed by atoms with Gasteiger partial charge in [-0.1, -0.05) is 35.5 Å². The van der Waals surface area contributed by atoms with Gasteiger partial charge in [0.2, 0.25) is 5.91 Å². The fourth-order valence-corrected chi connectivity index (χ4v) is 5.52. The van der Waals surface area contributed by atoms with E-state index >= 15 is 0 Å². The normalized spacial score (nSPS) is 15.2. The van der Waals surface area contributed by atoms with Crippen LogP contribution in [0.25, 0.3) is 22.2 Å². The first-order valence-electron chi connectivity index (χ1n) is 10.1. The minimum atomic E-state index is -3.54. The van der Waals surface area contributed by atoms with Crippen molar-refractivity contribution < 1.29 is 22.5 Å². The number of amides is 2. The van der Waals surface area contributed by atoms with Crippen LogP contribution in [0.5, 0.6) is 0 Å². The molecule has 2 heterocycles. The van der Waals surface area contributed by atoms with Crippen LogP contribution in [-0.4, -0.2) is 61.4 Å². The van der Waals surface area contributed by atoms with Gasteiger partial charge >= 0.3 is 0 Å². The molecule has 31 heavy (non-hydrogen) atoms. The maximum absolute atomic E-state index is 13.1. The van der Waals surface area contributed by atoms with Crippen molar-refractivity contribution in [2.45, 2.75) is 18.1 Å². The molecule has 1 aromatic heterocycles. The molecular weight excluding hydrogens is 418 g/mol. The molecule has 8 nitrogen and oxygen atoms in total. The van der Waals surface area contributed by atoms with E-state index in [1.54, 1.807) is 23.1 Å². The van der Waals surface area contributed by atoms with Crippen LogP contribution < -0.4 is 5.32 Å². The van der Waals surface area contributed by atoms with Gasteiger partial charge in [0.05, 0.1) is 10.6 Å². The highest BCUT2D eigenvalue weighted by molar-refractivity contribution is 7.92. The second kappa shape index (κ2) is 8.50. The number of likely N-dealkylation sites (tertiary alicyclic amines) is 1. The predicted octanol–water partition coefficient (Wildman–Crippen LogP) is 2.26. The van der Waals surface area contributed by atoms with Gasteiger partial charge in [-0.05, 0) is 31.0 Å². The van der Waals surface area contributed by atoms with E-state index < -0.39 is 26.7 Å². The first-order valence-corrected chi connectivity index (χ1v) is 11.8. The Morgan fingerprint density at radius 1 is 1.13 bits per heavy atom. The molecule has 0 aliphatic carbocycles. The molecule has 2 amide bonds. The van der Waals surface area contributed by atoms with E-state index in [4.69, 9.17) is 4.52 Å². The number of aromatic nitrogens is 1. The second-order valence-electron chi connectivity index (χ2n) is 7.58. The zero-order valence-electron chi connectivity index (χ0n) is 17.1. The maximum atomic E-state index is 13.1. The molecule has 1 aliphatic rings. The van der Waals surface area contributed by atoms with Gasteiger partial charge in [-0.25, -0.2) is 8.42 Å². The van der Waals surface area contributed by atoms with Gasteiger partial charge in [0.25, 0.3) is 5.91 Å². The molecule has 162 valence electrons. The Labute approximate surface area is 180 Å². The maximum Gasteiger partial charge on any atom is 0.253 e. The monoisotopic (exact) mass is 441 g/mol. The van der Waals surface area contributed by atoms with Crippen molar-refractivity contribution >= 4 is 32.6 Å². The highest BCUT2D eigenvalue weighted by atomic mass is 32.2. The Morgan fingerprint density at radius 2 is 1.84 bits per heavy atom. The average Bonchev–Trinajstić information content (AvgIpc) is 3.22. The third-order valence-electron chi connectivity index (χ3n) is 5.61. The van der Waals surface area contributed by atoms with Crippen LogP contribution in [0.3, 0.4) is 0 Å². The fourth-order valence-electron chi connectivity index (χ4n) is 3.85. The minimum absolute atomic E-state index is 0.163. The van der Waals surface area contributed by atoms with E-state index in [9.17, 15) is 18.0 Å². The van der Waals surface area contributed by atoms with Crippen LogP contribution in [0.15, 0.2) is 53.1 Å². The summed E-state index contributed by atoms with van der Waals surface area (Å²) in [5.41, 5.74) is 2.03. The Morgan fingerprint density at radius 3 is 2.52 bits per heavy atom. The van der Waals surface area contributed by atoms with Crippen molar-refractivity contribution in [3.05, 3.63) is 54.1 Å². The number of hydrogen-bond donors (Lipinski definition) is 1. The lowest BCUT2D eigenvalue weighted by atomic mass is 10.0. The Hall–Kier alpha value is -3.20. The first-order chi connectivity index (χ1) is 14.9. The molecule has 4 rings (SSSR count). The Balaban J connectivity index is 1.50. The second-order valence-corrected chi connectivity index (χ2v) is 9.86. The smallest absolute Gasteiger partial charge is 0.253 e. The lowest BCUT2D eigenvalue weighted by Gasteiger charge is -2.31. The molecule has 2 aromatic carbocycles. The van der Waals surface area contributed by atoms with Crippen molar-refractivity contribution in [2.24, 2.45) is 0 Å².